The molecule has 0 fully saturated rings. The zero-order valence-electron chi connectivity index (χ0n) is 10.2. The second kappa shape index (κ2) is 6.30. The number of carbonyl (C=O) groups is 1. The van der Waals surface area contributed by atoms with Crippen molar-refractivity contribution in [3.8, 4) is 0 Å². The van der Waals surface area contributed by atoms with E-state index in [9.17, 15) is 13.6 Å². The average molecular weight is 294 g/mol. The average Bonchev–Trinajstić information content (AvgIpc) is 2.43. The lowest BCUT2D eigenvalue weighted by molar-refractivity contribution is 0.104. The molecule has 5 heteroatoms. The third-order valence-electron chi connectivity index (χ3n) is 2.53. The summed E-state index contributed by atoms with van der Waals surface area (Å²) in [6.07, 6.45) is 2.71. The Balaban J connectivity index is 2.00. The Morgan fingerprint density at radius 1 is 1.10 bits per heavy atom. The van der Waals surface area contributed by atoms with Gasteiger partial charge in [0.15, 0.2) is 5.78 Å². The van der Waals surface area contributed by atoms with Crippen LogP contribution >= 0.6 is 11.6 Å². The molecular weight excluding hydrogens is 284 g/mol. The molecule has 2 aromatic rings. The molecule has 0 saturated carbocycles. The quantitative estimate of drug-likeness (QED) is 0.667. The monoisotopic (exact) mass is 293 g/mol. The predicted molar refractivity (Wildman–Crippen MR) is 74.9 cm³/mol. The molecule has 2 aromatic carbocycles. The van der Waals surface area contributed by atoms with Crippen LogP contribution in [-0.4, -0.2) is 5.78 Å². The third kappa shape index (κ3) is 3.65. The van der Waals surface area contributed by atoms with E-state index in [1.54, 1.807) is 0 Å². The van der Waals surface area contributed by atoms with E-state index in [-0.39, 0.29) is 10.8 Å². The first-order valence-electron chi connectivity index (χ1n) is 5.74. The van der Waals surface area contributed by atoms with Gasteiger partial charge in [-0.3, -0.25) is 4.79 Å². The van der Waals surface area contributed by atoms with Crippen LogP contribution in [0.4, 0.5) is 14.5 Å². The minimum absolute atomic E-state index is 0.00624. The van der Waals surface area contributed by atoms with Gasteiger partial charge in [0.05, 0.1) is 5.02 Å². The van der Waals surface area contributed by atoms with E-state index in [4.69, 9.17) is 11.6 Å². The highest BCUT2D eigenvalue weighted by atomic mass is 35.5. The van der Waals surface area contributed by atoms with E-state index in [0.29, 0.717) is 11.3 Å². The molecule has 0 aromatic heterocycles. The molecule has 0 bridgehead atoms. The Bertz CT molecular complexity index is 653. The van der Waals surface area contributed by atoms with Crippen LogP contribution in [0.1, 0.15) is 10.4 Å². The van der Waals surface area contributed by atoms with Crippen molar-refractivity contribution < 1.29 is 13.6 Å². The van der Waals surface area contributed by atoms with E-state index in [1.165, 1.54) is 54.7 Å². The molecule has 0 amide bonds. The number of hydrogen-bond donors (Lipinski definition) is 1. The number of nitrogens with one attached hydrogen (secondary N) is 1. The topological polar surface area (TPSA) is 29.1 Å². The molecule has 0 radical (unpaired) electrons. The van der Waals surface area contributed by atoms with Gasteiger partial charge in [-0.15, -0.1) is 0 Å². The van der Waals surface area contributed by atoms with Crippen molar-refractivity contribution in [2.24, 2.45) is 0 Å². The Labute approximate surface area is 119 Å². The summed E-state index contributed by atoms with van der Waals surface area (Å²) in [6, 6.07) is 9.36. The van der Waals surface area contributed by atoms with Crippen molar-refractivity contribution >= 4 is 23.1 Å². The lowest BCUT2D eigenvalue weighted by Gasteiger charge is -2.01. The van der Waals surface area contributed by atoms with Crippen molar-refractivity contribution in [3.63, 3.8) is 0 Å². The molecule has 0 aliphatic rings. The molecule has 1 N–H and O–H groups in total. The lowest BCUT2D eigenvalue weighted by atomic mass is 10.1. The van der Waals surface area contributed by atoms with Crippen LogP contribution < -0.4 is 5.32 Å². The summed E-state index contributed by atoms with van der Waals surface area (Å²) < 4.78 is 25.6. The maximum Gasteiger partial charge on any atom is 0.187 e. The van der Waals surface area contributed by atoms with Gasteiger partial charge in [-0.1, -0.05) is 11.6 Å². The largest absolute Gasteiger partial charge is 0.361 e. The van der Waals surface area contributed by atoms with Gasteiger partial charge < -0.3 is 5.32 Å². The fraction of sp³-hybridized carbons (Fsp3) is 0. The van der Waals surface area contributed by atoms with Crippen molar-refractivity contribution in [2.45, 2.75) is 0 Å². The smallest absolute Gasteiger partial charge is 0.187 e. The van der Waals surface area contributed by atoms with Crippen LogP contribution in [0.2, 0.25) is 5.02 Å². The normalized spacial score (nSPS) is 10.8. The van der Waals surface area contributed by atoms with Gasteiger partial charge in [-0.05, 0) is 42.5 Å². The van der Waals surface area contributed by atoms with Gasteiger partial charge in [-0.25, -0.2) is 8.78 Å². The molecule has 0 atom stereocenters. The molecule has 0 heterocycles. The van der Waals surface area contributed by atoms with Gasteiger partial charge in [0.1, 0.15) is 11.6 Å². The lowest BCUT2D eigenvalue weighted by Crippen LogP contribution is -1.96. The molecule has 102 valence electrons. The van der Waals surface area contributed by atoms with Gasteiger partial charge in [0.2, 0.25) is 0 Å². The second-order valence-electron chi connectivity index (χ2n) is 3.98. The summed E-state index contributed by atoms with van der Waals surface area (Å²) >= 11 is 5.62. The molecule has 0 aliphatic carbocycles. The number of ketones is 1. The zero-order chi connectivity index (χ0) is 14.5. The summed E-state index contributed by atoms with van der Waals surface area (Å²) in [4.78, 5) is 11.7. The highest BCUT2D eigenvalue weighted by Gasteiger charge is 2.02. The fourth-order valence-electron chi connectivity index (χ4n) is 1.51. The number of benzene rings is 2. The first-order chi connectivity index (χ1) is 9.56. The van der Waals surface area contributed by atoms with Gasteiger partial charge in [0, 0.05) is 23.5 Å². The summed E-state index contributed by atoms with van der Waals surface area (Å²) in [5.41, 5.74) is 0.932. The first kappa shape index (κ1) is 14.2. The standard InChI is InChI=1S/C15H10ClF2NO/c16-13-9-12(5-6-14(13)18)19-8-7-15(20)10-1-3-11(17)4-2-10/h1-9,19H/b8-7+. The van der Waals surface area contributed by atoms with Crippen LogP contribution in [0, 0.1) is 11.6 Å². The van der Waals surface area contributed by atoms with Gasteiger partial charge in [-0.2, -0.15) is 0 Å². The minimum atomic E-state index is -0.511. The molecule has 2 rings (SSSR count). The summed E-state index contributed by atoms with van der Waals surface area (Å²) in [5.74, 6) is -1.18. The molecule has 20 heavy (non-hydrogen) atoms. The fourth-order valence-corrected chi connectivity index (χ4v) is 1.69. The Morgan fingerprint density at radius 3 is 2.45 bits per heavy atom. The maximum absolute atomic E-state index is 12.9. The Kier molecular flexibility index (Phi) is 4.48. The molecule has 0 aliphatic heterocycles. The third-order valence-corrected chi connectivity index (χ3v) is 2.82. The van der Waals surface area contributed by atoms with Crippen molar-refractivity contribution in [1.29, 1.82) is 0 Å². The van der Waals surface area contributed by atoms with Crippen LogP contribution in [0.15, 0.2) is 54.7 Å². The molecule has 2 nitrogen and oxygen atoms in total. The number of carbonyl (C=O) groups excluding carboxylic acids is 1. The van der Waals surface area contributed by atoms with Crippen molar-refractivity contribution in [1.82, 2.24) is 0 Å². The number of hydrogen-bond acceptors (Lipinski definition) is 2. The van der Waals surface area contributed by atoms with Crippen LogP contribution in [0.25, 0.3) is 0 Å². The molecular formula is C15H10ClF2NO. The van der Waals surface area contributed by atoms with Gasteiger partial charge in [0.25, 0.3) is 0 Å². The molecule has 0 unspecified atom stereocenters. The minimum Gasteiger partial charge on any atom is -0.361 e. The van der Waals surface area contributed by atoms with Crippen LogP contribution in [0.3, 0.4) is 0 Å². The van der Waals surface area contributed by atoms with E-state index in [2.05, 4.69) is 5.32 Å². The Hall–Kier alpha value is -2.20. The van der Waals surface area contributed by atoms with E-state index in [0.717, 1.165) is 0 Å². The predicted octanol–water partition coefficient (Wildman–Crippen LogP) is 4.43. The highest BCUT2D eigenvalue weighted by Crippen LogP contribution is 2.19. The van der Waals surface area contributed by atoms with Crippen molar-refractivity contribution in [2.75, 3.05) is 5.32 Å². The first-order valence-corrected chi connectivity index (χ1v) is 6.12. The zero-order valence-corrected chi connectivity index (χ0v) is 11.0. The number of anilines is 1. The Morgan fingerprint density at radius 2 is 1.80 bits per heavy atom. The molecule has 0 spiro atoms. The van der Waals surface area contributed by atoms with Crippen LogP contribution in [0.5, 0.6) is 0 Å². The van der Waals surface area contributed by atoms with E-state index in [1.807, 2.05) is 0 Å². The number of rotatable bonds is 4. The highest BCUT2D eigenvalue weighted by molar-refractivity contribution is 6.31. The van der Waals surface area contributed by atoms with E-state index < -0.39 is 11.6 Å². The molecule has 0 saturated heterocycles. The number of halogens is 3. The number of allylic oxidation sites excluding steroid dienone is 1. The van der Waals surface area contributed by atoms with Crippen LogP contribution in [-0.2, 0) is 0 Å². The van der Waals surface area contributed by atoms with Crippen molar-refractivity contribution in [3.05, 3.63) is 77.0 Å². The maximum atomic E-state index is 12.9. The summed E-state index contributed by atoms with van der Waals surface area (Å²) in [7, 11) is 0. The van der Waals surface area contributed by atoms with E-state index >= 15 is 0 Å². The second-order valence-corrected chi connectivity index (χ2v) is 4.38. The SMILES string of the molecule is O=C(/C=C/Nc1ccc(F)c(Cl)c1)c1ccc(F)cc1. The summed E-state index contributed by atoms with van der Waals surface area (Å²) in [6.45, 7) is 0. The van der Waals surface area contributed by atoms with Gasteiger partial charge >= 0.3 is 0 Å². The summed E-state index contributed by atoms with van der Waals surface area (Å²) in [5, 5.41) is 2.79.